The lowest BCUT2D eigenvalue weighted by Crippen LogP contribution is -2.39. The fourth-order valence-electron chi connectivity index (χ4n) is 2.40. The number of amides is 1. The van der Waals surface area contributed by atoms with Gasteiger partial charge < -0.3 is 4.74 Å². The van der Waals surface area contributed by atoms with E-state index in [-0.39, 0.29) is 5.69 Å². The Hall–Kier alpha value is -3.08. The molecule has 0 saturated heterocycles. The van der Waals surface area contributed by atoms with Gasteiger partial charge in [-0.15, -0.1) is 0 Å². The zero-order valence-electron chi connectivity index (χ0n) is 16.2. The van der Waals surface area contributed by atoms with Crippen LogP contribution in [-0.2, 0) is 21.0 Å². The zero-order valence-corrected chi connectivity index (χ0v) is 17.0. The minimum Gasteiger partial charge on any atom is -0.494 e. The predicted octanol–water partition coefficient (Wildman–Crippen LogP) is 3.02. The van der Waals surface area contributed by atoms with E-state index in [1.807, 2.05) is 6.92 Å². The maximum Gasteiger partial charge on any atom is 0.416 e. The van der Waals surface area contributed by atoms with E-state index in [0.29, 0.717) is 28.3 Å². The number of hydrazone groups is 1. The summed E-state index contributed by atoms with van der Waals surface area (Å²) in [5, 5.41) is 3.74. The molecule has 0 fully saturated rings. The Morgan fingerprint density at radius 3 is 2.43 bits per heavy atom. The minimum absolute atomic E-state index is 0.280. The van der Waals surface area contributed by atoms with Crippen molar-refractivity contribution in [2.75, 3.05) is 23.7 Å². The molecule has 0 heterocycles. The Balaban J connectivity index is 2.09. The Kier molecular flexibility index (Phi) is 7.43. The van der Waals surface area contributed by atoms with Gasteiger partial charge in [-0.25, -0.2) is 13.8 Å². The normalized spacial score (nSPS) is 12.0. The topological polar surface area (TPSA) is 88.1 Å². The third-order valence-electron chi connectivity index (χ3n) is 3.74. The number of hydrogen-bond donors (Lipinski definition) is 1. The van der Waals surface area contributed by atoms with Gasteiger partial charge in [0.1, 0.15) is 12.3 Å². The predicted molar refractivity (Wildman–Crippen MR) is 107 cm³/mol. The quantitative estimate of drug-likeness (QED) is 0.502. The molecule has 0 aliphatic heterocycles. The van der Waals surface area contributed by atoms with Crippen molar-refractivity contribution in [3.05, 3.63) is 59.7 Å². The lowest BCUT2D eigenvalue weighted by atomic mass is 10.2. The van der Waals surface area contributed by atoms with Gasteiger partial charge in [-0.05, 0) is 55.0 Å². The van der Waals surface area contributed by atoms with Gasteiger partial charge in [0.25, 0.3) is 5.91 Å². The first-order valence-corrected chi connectivity index (χ1v) is 10.6. The molecule has 0 bridgehead atoms. The molecule has 0 unspecified atom stereocenters. The van der Waals surface area contributed by atoms with Crippen LogP contribution in [0, 0.1) is 0 Å². The molecule has 2 aromatic rings. The van der Waals surface area contributed by atoms with Gasteiger partial charge in [-0.1, -0.05) is 6.07 Å². The second kappa shape index (κ2) is 9.61. The Bertz CT molecular complexity index is 1010. The second-order valence-electron chi connectivity index (χ2n) is 6.11. The summed E-state index contributed by atoms with van der Waals surface area (Å²) in [6.07, 6.45) is -2.52. The van der Waals surface area contributed by atoms with E-state index >= 15 is 0 Å². The first kappa shape index (κ1) is 23.2. The number of nitrogens with zero attached hydrogens (tertiary/aromatic N) is 2. The number of rotatable bonds is 8. The Labute approximate surface area is 172 Å². The van der Waals surface area contributed by atoms with Gasteiger partial charge >= 0.3 is 6.18 Å². The molecule has 0 aromatic heterocycles. The number of anilines is 1. The number of nitrogens with one attached hydrogen (secondary N) is 1. The van der Waals surface area contributed by atoms with Crippen LogP contribution in [-0.4, -0.2) is 39.9 Å². The molecule has 0 saturated carbocycles. The van der Waals surface area contributed by atoms with Crippen molar-refractivity contribution in [1.82, 2.24) is 5.43 Å². The van der Waals surface area contributed by atoms with Crippen LogP contribution in [0.25, 0.3) is 0 Å². The number of sulfonamides is 1. The molecule has 1 N–H and O–H groups in total. The molecule has 30 heavy (non-hydrogen) atoms. The van der Waals surface area contributed by atoms with Crippen LogP contribution in [0.15, 0.2) is 53.6 Å². The average Bonchev–Trinajstić information content (AvgIpc) is 2.66. The van der Waals surface area contributed by atoms with Crippen molar-refractivity contribution >= 4 is 27.8 Å². The fourth-order valence-corrected chi connectivity index (χ4v) is 3.25. The van der Waals surface area contributed by atoms with Crippen molar-refractivity contribution in [2.45, 2.75) is 13.1 Å². The van der Waals surface area contributed by atoms with Gasteiger partial charge in [0, 0.05) is 0 Å². The molecule has 11 heteroatoms. The molecule has 0 radical (unpaired) electrons. The van der Waals surface area contributed by atoms with E-state index in [1.54, 1.807) is 24.3 Å². The van der Waals surface area contributed by atoms with Gasteiger partial charge in [0.2, 0.25) is 10.0 Å². The molecule has 0 aliphatic rings. The van der Waals surface area contributed by atoms with Crippen molar-refractivity contribution in [3.8, 4) is 5.75 Å². The summed E-state index contributed by atoms with van der Waals surface area (Å²) in [5.74, 6) is -0.149. The first-order valence-electron chi connectivity index (χ1n) is 8.70. The minimum atomic E-state index is -4.65. The van der Waals surface area contributed by atoms with E-state index in [1.165, 1.54) is 12.3 Å². The van der Waals surface area contributed by atoms with E-state index < -0.39 is 34.2 Å². The summed E-state index contributed by atoms with van der Waals surface area (Å²) in [4.78, 5) is 12.1. The SMILES string of the molecule is CCOc1ccc(/C=N\NC(=O)CN(c2cccc(C(F)(F)F)c2)S(C)(=O)=O)cc1. The molecule has 0 spiro atoms. The molecule has 1 amide bonds. The highest BCUT2D eigenvalue weighted by Gasteiger charge is 2.31. The molecular weight excluding hydrogens is 423 g/mol. The number of carbonyl (C=O) groups is 1. The van der Waals surface area contributed by atoms with Crippen LogP contribution < -0.4 is 14.5 Å². The zero-order chi connectivity index (χ0) is 22.4. The van der Waals surface area contributed by atoms with E-state index in [4.69, 9.17) is 4.74 Å². The van der Waals surface area contributed by atoms with Gasteiger partial charge in [-0.2, -0.15) is 18.3 Å². The Morgan fingerprint density at radius 2 is 1.87 bits per heavy atom. The Morgan fingerprint density at radius 1 is 1.20 bits per heavy atom. The third-order valence-corrected chi connectivity index (χ3v) is 4.88. The molecule has 0 atom stereocenters. The first-order chi connectivity index (χ1) is 14.0. The number of benzene rings is 2. The van der Waals surface area contributed by atoms with Gasteiger partial charge in [-0.3, -0.25) is 9.10 Å². The fraction of sp³-hybridized carbons (Fsp3) is 0.263. The van der Waals surface area contributed by atoms with E-state index in [0.717, 1.165) is 18.4 Å². The number of carbonyl (C=O) groups excluding carboxylic acids is 1. The maximum absolute atomic E-state index is 12.9. The maximum atomic E-state index is 12.9. The van der Waals surface area contributed by atoms with Gasteiger partial charge in [0.05, 0.1) is 30.3 Å². The van der Waals surface area contributed by atoms with Crippen LogP contribution in [0.5, 0.6) is 5.75 Å². The number of alkyl halides is 3. The van der Waals surface area contributed by atoms with Crippen molar-refractivity contribution in [1.29, 1.82) is 0 Å². The highest BCUT2D eigenvalue weighted by molar-refractivity contribution is 7.92. The van der Waals surface area contributed by atoms with Crippen molar-refractivity contribution in [3.63, 3.8) is 0 Å². The van der Waals surface area contributed by atoms with E-state index in [9.17, 15) is 26.4 Å². The second-order valence-corrected chi connectivity index (χ2v) is 8.02. The highest BCUT2D eigenvalue weighted by atomic mass is 32.2. The smallest absolute Gasteiger partial charge is 0.416 e. The summed E-state index contributed by atoms with van der Waals surface area (Å²) in [6, 6.07) is 10.5. The van der Waals surface area contributed by atoms with Crippen molar-refractivity contribution in [2.24, 2.45) is 5.10 Å². The van der Waals surface area contributed by atoms with Crippen LogP contribution in [0.2, 0.25) is 0 Å². The standard InChI is InChI=1S/C19H20F3N3O4S/c1-3-29-17-9-7-14(8-10-17)12-23-24-18(26)13-25(30(2,27)28)16-6-4-5-15(11-16)19(20,21)22/h4-12H,3,13H2,1-2H3,(H,24,26)/b23-12-. The lowest BCUT2D eigenvalue weighted by Gasteiger charge is -2.22. The molecule has 162 valence electrons. The molecular formula is C19H20F3N3O4S. The number of hydrogen-bond acceptors (Lipinski definition) is 5. The van der Waals surface area contributed by atoms with Gasteiger partial charge in [0.15, 0.2) is 0 Å². The summed E-state index contributed by atoms with van der Waals surface area (Å²) < 4.78 is 68.7. The van der Waals surface area contributed by atoms with Crippen LogP contribution in [0.1, 0.15) is 18.1 Å². The van der Waals surface area contributed by atoms with Crippen molar-refractivity contribution < 1.29 is 31.1 Å². The lowest BCUT2D eigenvalue weighted by molar-refractivity contribution is -0.137. The molecule has 0 aliphatic carbocycles. The summed E-state index contributed by atoms with van der Waals surface area (Å²) >= 11 is 0. The number of ether oxygens (including phenoxy) is 1. The summed E-state index contributed by atoms with van der Waals surface area (Å²) in [7, 11) is -4.02. The van der Waals surface area contributed by atoms with Crippen LogP contribution in [0.3, 0.4) is 0 Å². The third kappa shape index (κ3) is 6.76. The average molecular weight is 443 g/mol. The van der Waals surface area contributed by atoms with Crippen LogP contribution >= 0.6 is 0 Å². The summed E-state index contributed by atoms with van der Waals surface area (Å²) in [5.41, 5.74) is 1.50. The van der Waals surface area contributed by atoms with E-state index in [2.05, 4.69) is 10.5 Å². The van der Waals surface area contributed by atoms with Crippen LogP contribution in [0.4, 0.5) is 18.9 Å². The highest BCUT2D eigenvalue weighted by Crippen LogP contribution is 2.32. The molecule has 7 nitrogen and oxygen atoms in total. The molecule has 2 rings (SSSR count). The molecule has 2 aromatic carbocycles. The largest absolute Gasteiger partial charge is 0.494 e. The monoisotopic (exact) mass is 443 g/mol. The number of halogens is 3. The summed E-state index contributed by atoms with van der Waals surface area (Å²) in [6.45, 7) is 1.64.